The highest BCUT2D eigenvalue weighted by Crippen LogP contribution is 2.32. The van der Waals surface area contributed by atoms with Gasteiger partial charge >= 0.3 is 0 Å². The van der Waals surface area contributed by atoms with Gasteiger partial charge in [0.15, 0.2) is 0 Å². The van der Waals surface area contributed by atoms with Gasteiger partial charge in [-0.05, 0) is 36.6 Å². The van der Waals surface area contributed by atoms with E-state index in [9.17, 15) is 5.11 Å². The van der Waals surface area contributed by atoms with Gasteiger partial charge in [0.2, 0.25) is 0 Å². The van der Waals surface area contributed by atoms with Crippen LogP contribution in [-0.2, 0) is 4.74 Å². The lowest BCUT2D eigenvalue weighted by Gasteiger charge is -2.12. The molecule has 100 valence electrons. The number of hydrogen-bond donors (Lipinski definition) is 2. The second kappa shape index (κ2) is 6.61. The average molecular weight is 251 g/mol. The SMILES string of the molecule is Nc1ccc(OCC(O)COCCC2CC2)cc1. The van der Waals surface area contributed by atoms with E-state index in [1.165, 1.54) is 12.8 Å². The lowest BCUT2D eigenvalue weighted by atomic mass is 10.3. The van der Waals surface area contributed by atoms with Crippen LogP contribution in [0, 0.1) is 5.92 Å². The number of anilines is 1. The number of ether oxygens (including phenoxy) is 2. The fourth-order valence-electron chi connectivity index (χ4n) is 1.68. The van der Waals surface area contributed by atoms with Gasteiger partial charge in [-0.3, -0.25) is 0 Å². The first-order valence-electron chi connectivity index (χ1n) is 6.48. The minimum atomic E-state index is -0.582. The minimum absolute atomic E-state index is 0.243. The zero-order chi connectivity index (χ0) is 12.8. The fraction of sp³-hybridized carbons (Fsp3) is 0.571. The lowest BCUT2D eigenvalue weighted by Crippen LogP contribution is -2.23. The Balaban J connectivity index is 1.55. The van der Waals surface area contributed by atoms with Gasteiger partial charge in [0, 0.05) is 12.3 Å². The van der Waals surface area contributed by atoms with Gasteiger partial charge in [-0.25, -0.2) is 0 Å². The topological polar surface area (TPSA) is 64.7 Å². The maximum atomic E-state index is 9.67. The summed E-state index contributed by atoms with van der Waals surface area (Å²) >= 11 is 0. The van der Waals surface area contributed by atoms with Crippen LogP contribution in [0.3, 0.4) is 0 Å². The number of aliphatic hydroxyl groups is 1. The molecule has 0 aliphatic heterocycles. The summed E-state index contributed by atoms with van der Waals surface area (Å²) in [6.07, 6.45) is 3.21. The zero-order valence-electron chi connectivity index (χ0n) is 10.5. The Bertz CT molecular complexity index is 349. The third-order valence-corrected chi connectivity index (χ3v) is 3.00. The van der Waals surface area contributed by atoms with Crippen molar-refractivity contribution in [1.82, 2.24) is 0 Å². The highest BCUT2D eigenvalue weighted by Gasteiger charge is 2.20. The molecule has 4 nitrogen and oxygen atoms in total. The van der Waals surface area contributed by atoms with E-state index in [1.807, 2.05) is 0 Å². The Kier molecular flexibility index (Phi) is 4.84. The molecule has 1 aliphatic carbocycles. The van der Waals surface area contributed by atoms with E-state index in [0.717, 1.165) is 18.9 Å². The van der Waals surface area contributed by atoms with Crippen LogP contribution >= 0.6 is 0 Å². The maximum absolute atomic E-state index is 9.67. The molecule has 18 heavy (non-hydrogen) atoms. The van der Waals surface area contributed by atoms with E-state index in [0.29, 0.717) is 18.0 Å². The van der Waals surface area contributed by atoms with Gasteiger partial charge in [-0.2, -0.15) is 0 Å². The van der Waals surface area contributed by atoms with Crippen molar-refractivity contribution in [1.29, 1.82) is 0 Å². The maximum Gasteiger partial charge on any atom is 0.119 e. The smallest absolute Gasteiger partial charge is 0.119 e. The van der Waals surface area contributed by atoms with Crippen LogP contribution in [0.15, 0.2) is 24.3 Å². The number of rotatable bonds is 8. The molecule has 0 saturated heterocycles. The van der Waals surface area contributed by atoms with Crippen molar-refractivity contribution in [2.24, 2.45) is 5.92 Å². The van der Waals surface area contributed by atoms with Gasteiger partial charge in [-0.1, -0.05) is 12.8 Å². The monoisotopic (exact) mass is 251 g/mol. The van der Waals surface area contributed by atoms with E-state index in [2.05, 4.69) is 0 Å². The molecular formula is C14H21NO3. The van der Waals surface area contributed by atoms with Crippen molar-refractivity contribution in [3.05, 3.63) is 24.3 Å². The molecular weight excluding hydrogens is 230 g/mol. The molecule has 0 aromatic heterocycles. The largest absolute Gasteiger partial charge is 0.491 e. The first-order chi connectivity index (χ1) is 8.74. The standard InChI is InChI=1S/C14H21NO3/c15-12-3-5-14(6-4-12)18-10-13(16)9-17-8-7-11-1-2-11/h3-6,11,13,16H,1-2,7-10,15H2. The third-order valence-electron chi connectivity index (χ3n) is 3.00. The zero-order valence-corrected chi connectivity index (χ0v) is 10.5. The number of hydrogen-bond acceptors (Lipinski definition) is 4. The van der Waals surface area contributed by atoms with Gasteiger partial charge in [0.25, 0.3) is 0 Å². The molecule has 0 bridgehead atoms. The van der Waals surface area contributed by atoms with E-state index < -0.39 is 6.10 Å². The van der Waals surface area contributed by atoms with Gasteiger partial charge in [-0.15, -0.1) is 0 Å². The molecule has 0 radical (unpaired) electrons. The van der Waals surface area contributed by atoms with Crippen LogP contribution in [-0.4, -0.2) is 31.0 Å². The van der Waals surface area contributed by atoms with Crippen LogP contribution in [0.5, 0.6) is 5.75 Å². The number of aliphatic hydroxyl groups excluding tert-OH is 1. The molecule has 0 heterocycles. The third kappa shape index (κ3) is 4.94. The molecule has 3 N–H and O–H groups in total. The van der Waals surface area contributed by atoms with Gasteiger partial charge in [0.05, 0.1) is 6.61 Å². The highest BCUT2D eigenvalue weighted by atomic mass is 16.5. The normalized spacial score (nSPS) is 16.5. The summed E-state index contributed by atoms with van der Waals surface area (Å²) in [6.45, 7) is 1.32. The summed E-state index contributed by atoms with van der Waals surface area (Å²) in [6, 6.07) is 7.12. The quantitative estimate of drug-likeness (QED) is 0.546. The summed E-state index contributed by atoms with van der Waals surface area (Å²) in [5.74, 6) is 1.58. The molecule has 0 spiro atoms. The first-order valence-corrected chi connectivity index (χ1v) is 6.48. The van der Waals surface area contributed by atoms with Crippen LogP contribution in [0.25, 0.3) is 0 Å². The van der Waals surface area contributed by atoms with Crippen molar-refractivity contribution in [2.45, 2.75) is 25.4 Å². The Labute approximate surface area is 108 Å². The molecule has 1 fully saturated rings. The molecule has 1 unspecified atom stereocenters. The van der Waals surface area contributed by atoms with Gasteiger partial charge < -0.3 is 20.3 Å². The molecule has 4 heteroatoms. The fourth-order valence-corrected chi connectivity index (χ4v) is 1.68. The van der Waals surface area contributed by atoms with Gasteiger partial charge in [0.1, 0.15) is 18.5 Å². The first kappa shape index (κ1) is 13.2. The van der Waals surface area contributed by atoms with Crippen molar-refractivity contribution < 1.29 is 14.6 Å². The number of nitrogens with two attached hydrogens (primary N) is 1. The summed E-state index contributed by atoms with van der Waals surface area (Å²) in [5, 5.41) is 9.67. The Morgan fingerprint density at radius 3 is 2.61 bits per heavy atom. The van der Waals surface area contributed by atoms with E-state index in [-0.39, 0.29) is 6.61 Å². The molecule has 1 aromatic rings. The average Bonchev–Trinajstić information content (AvgIpc) is 3.18. The minimum Gasteiger partial charge on any atom is -0.491 e. The summed E-state index contributed by atoms with van der Waals surface area (Å²) in [4.78, 5) is 0. The molecule has 2 rings (SSSR count). The highest BCUT2D eigenvalue weighted by molar-refractivity contribution is 5.41. The van der Waals surface area contributed by atoms with Crippen LogP contribution < -0.4 is 10.5 Å². The molecule has 1 aliphatic rings. The van der Waals surface area contributed by atoms with Crippen molar-refractivity contribution in [3.8, 4) is 5.75 Å². The van der Waals surface area contributed by atoms with E-state index in [4.69, 9.17) is 15.2 Å². The molecule has 1 saturated carbocycles. The predicted octanol–water partition coefficient (Wildman–Crippen LogP) is 1.83. The Morgan fingerprint density at radius 2 is 1.94 bits per heavy atom. The Hall–Kier alpha value is -1.26. The number of nitrogen functional groups attached to an aromatic ring is 1. The second-order valence-corrected chi connectivity index (χ2v) is 4.84. The van der Waals surface area contributed by atoms with Crippen molar-refractivity contribution in [2.75, 3.05) is 25.6 Å². The molecule has 1 atom stereocenters. The van der Waals surface area contributed by atoms with Crippen LogP contribution in [0.2, 0.25) is 0 Å². The summed E-state index contributed by atoms with van der Waals surface area (Å²) < 4.78 is 10.8. The summed E-state index contributed by atoms with van der Waals surface area (Å²) in [5.41, 5.74) is 6.27. The predicted molar refractivity (Wildman–Crippen MR) is 70.5 cm³/mol. The van der Waals surface area contributed by atoms with Crippen LogP contribution in [0.1, 0.15) is 19.3 Å². The molecule has 0 amide bonds. The summed E-state index contributed by atoms with van der Waals surface area (Å²) in [7, 11) is 0. The number of benzene rings is 1. The Morgan fingerprint density at radius 1 is 1.22 bits per heavy atom. The molecule has 1 aromatic carbocycles. The van der Waals surface area contributed by atoms with Crippen molar-refractivity contribution >= 4 is 5.69 Å². The second-order valence-electron chi connectivity index (χ2n) is 4.84. The van der Waals surface area contributed by atoms with E-state index in [1.54, 1.807) is 24.3 Å². The lowest BCUT2D eigenvalue weighted by molar-refractivity contribution is 0.0104. The van der Waals surface area contributed by atoms with Crippen LogP contribution in [0.4, 0.5) is 5.69 Å². The van der Waals surface area contributed by atoms with E-state index >= 15 is 0 Å². The van der Waals surface area contributed by atoms with Crippen molar-refractivity contribution in [3.63, 3.8) is 0 Å².